The van der Waals surface area contributed by atoms with Gasteiger partial charge < -0.3 is 4.98 Å². The lowest BCUT2D eigenvalue weighted by molar-refractivity contribution is 0.608. The van der Waals surface area contributed by atoms with E-state index < -0.39 is 0 Å². The largest absolute Gasteiger partial charge is 0.360 e. The standard InChI is InChI=1S/C16H22BrN/c1-2-3-4-5-6-7-9-13-12-18-16-14(13)10-8-11-15(16)17/h8,10-12,18H,2-7,9H2,1H3. The van der Waals surface area contributed by atoms with Crippen LogP contribution in [0.5, 0.6) is 0 Å². The predicted molar refractivity (Wildman–Crippen MR) is 83.1 cm³/mol. The minimum atomic E-state index is 1.16. The zero-order chi connectivity index (χ0) is 12.8. The molecule has 2 heteroatoms. The molecule has 0 bridgehead atoms. The topological polar surface area (TPSA) is 15.8 Å². The van der Waals surface area contributed by atoms with Crippen LogP contribution in [0.4, 0.5) is 0 Å². The molecular weight excluding hydrogens is 286 g/mol. The number of aromatic amines is 1. The van der Waals surface area contributed by atoms with Gasteiger partial charge in [0, 0.05) is 16.1 Å². The minimum absolute atomic E-state index is 1.16. The molecule has 0 fully saturated rings. The maximum Gasteiger partial charge on any atom is 0.0601 e. The molecular formula is C16H22BrN. The summed E-state index contributed by atoms with van der Waals surface area (Å²) in [6, 6.07) is 6.42. The van der Waals surface area contributed by atoms with E-state index in [1.54, 1.807) is 0 Å². The van der Waals surface area contributed by atoms with E-state index >= 15 is 0 Å². The lowest BCUT2D eigenvalue weighted by atomic mass is 10.0. The second kappa shape index (κ2) is 6.98. The summed E-state index contributed by atoms with van der Waals surface area (Å²) in [6.45, 7) is 2.27. The SMILES string of the molecule is CCCCCCCCc1c[nH]c2c(Br)cccc12. The van der Waals surface area contributed by atoms with E-state index in [2.05, 4.69) is 52.2 Å². The predicted octanol–water partition coefficient (Wildman–Crippen LogP) is 5.83. The van der Waals surface area contributed by atoms with Crippen molar-refractivity contribution >= 4 is 26.8 Å². The molecule has 0 atom stereocenters. The summed E-state index contributed by atoms with van der Waals surface area (Å²) in [5, 5.41) is 1.37. The van der Waals surface area contributed by atoms with E-state index in [1.807, 2.05) is 0 Å². The van der Waals surface area contributed by atoms with Gasteiger partial charge in [-0.1, -0.05) is 51.2 Å². The highest BCUT2D eigenvalue weighted by Gasteiger charge is 2.05. The summed E-state index contributed by atoms with van der Waals surface area (Å²) in [4.78, 5) is 3.37. The molecule has 1 aromatic carbocycles. The summed E-state index contributed by atoms with van der Waals surface area (Å²) < 4.78 is 1.16. The van der Waals surface area contributed by atoms with Crippen molar-refractivity contribution in [2.24, 2.45) is 0 Å². The van der Waals surface area contributed by atoms with E-state index in [0.29, 0.717) is 0 Å². The fourth-order valence-corrected chi connectivity index (χ4v) is 2.96. The number of aryl methyl sites for hydroxylation is 1. The maximum absolute atomic E-state index is 3.59. The van der Waals surface area contributed by atoms with Crippen LogP contribution < -0.4 is 0 Å². The summed E-state index contributed by atoms with van der Waals surface area (Å²) in [6.07, 6.45) is 11.5. The number of benzene rings is 1. The molecule has 0 radical (unpaired) electrons. The Kier molecular flexibility index (Phi) is 5.30. The fourth-order valence-electron chi connectivity index (χ4n) is 2.48. The minimum Gasteiger partial charge on any atom is -0.360 e. The number of aromatic nitrogens is 1. The van der Waals surface area contributed by atoms with Gasteiger partial charge in [0.2, 0.25) is 0 Å². The van der Waals surface area contributed by atoms with Crippen LogP contribution in [0, 0.1) is 0 Å². The van der Waals surface area contributed by atoms with Gasteiger partial charge in [-0.15, -0.1) is 0 Å². The van der Waals surface area contributed by atoms with Crippen molar-refractivity contribution in [3.8, 4) is 0 Å². The first kappa shape index (κ1) is 13.7. The number of H-pyrrole nitrogens is 1. The molecule has 2 aromatic rings. The van der Waals surface area contributed by atoms with Gasteiger partial charge in [-0.3, -0.25) is 0 Å². The van der Waals surface area contributed by atoms with Crippen LogP contribution in [0.15, 0.2) is 28.9 Å². The van der Waals surface area contributed by atoms with Crippen LogP contribution in [0.25, 0.3) is 10.9 Å². The number of hydrogen-bond donors (Lipinski definition) is 1. The van der Waals surface area contributed by atoms with Gasteiger partial charge in [0.25, 0.3) is 0 Å². The van der Waals surface area contributed by atoms with Crippen LogP contribution in [0.2, 0.25) is 0 Å². The zero-order valence-corrected chi connectivity index (χ0v) is 12.7. The van der Waals surface area contributed by atoms with Gasteiger partial charge in [-0.2, -0.15) is 0 Å². The summed E-state index contributed by atoms with van der Waals surface area (Å²) >= 11 is 3.59. The first-order valence-electron chi connectivity index (χ1n) is 7.07. The van der Waals surface area contributed by atoms with Crippen molar-refractivity contribution in [2.75, 3.05) is 0 Å². The molecule has 0 aliphatic heterocycles. The fraction of sp³-hybridized carbons (Fsp3) is 0.500. The smallest absolute Gasteiger partial charge is 0.0601 e. The summed E-state index contributed by atoms with van der Waals surface area (Å²) in [5.41, 5.74) is 2.69. The molecule has 0 aliphatic carbocycles. The van der Waals surface area contributed by atoms with Gasteiger partial charge in [0.05, 0.1) is 5.52 Å². The molecule has 1 nitrogen and oxygen atoms in total. The third-order valence-electron chi connectivity index (χ3n) is 3.55. The molecule has 1 N–H and O–H groups in total. The Labute approximate surface area is 118 Å². The number of rotatable bonds is 7. The molecule has 0 saturated heterocycles. The lowest BCUT2D eigenvalue weighted by Gasteiger charge is -2.01. The van der Waals surface area contributed by atoms with Crippen molar-refractivity contribution in [3.05, 3.63) is 34.4 Å². The molecule has 1 aromatic heterocycles. The molecule has 0 amide bonds. The quantitative estimate of drug-likeness (QED) is 0.619. The average Bonchev–Trinajstić information content (AvgIpc) is 2.79. The third kappa shape index (κ3) is 3.38. The van der Waals surface area contributed by atoms with Gasteiger partial charge in [0.15, 0.2) is 0 Å². The van der Waals surface area contributed by atoms with Crippen molar-refractivity contribution in [1.82, 2.24) is 4.98 Å². The third-order valence-corrected chi connectivity index (χ3v) is 4.21. The highest BCUT2D eigenvalue weighted by atomic mass is 79.9. The summed E-state index contributed by atoms with van der Waals surface area (Å²) in [7, 11) is 0. The van der Waals surface area contributed by atoms with Crippen LogP contribution in [0.3, 0.4) is 0 Å². The zero-order valence-electron chi connectivity index (χ0n) is 11.1. The number of halogens is 1. The Morgan fingerprint density at radius 1 is 1.06 bits per heavy atom. The van der Waals surface area contributed by atoms with Crippen molar-refractivity contribution in [3.63, 3.8) is 0 Å². The monoisotopic (exact) mass is 307 g/mol. The van der Waals surface area contributed by atoms with Crippen LogP contribution in [0.1, 0.15) is 51.0 Å². The highest BCUT2D eigenvalue weighted by Crippen LogP contribution is 2.26. The second-order valence-corrected chi connectivity index (χ2v) is 5.85. The van der Waals surface area contributed by atoms with Gasteiger partial charge >= 0.3 is 0 Å². The van der Waals surface area contributed by atoms with E-state index in [4.69, 9.17) is 0 Å². The Balaban J connectivity index is 1.86. The van der Waals surface area contributed by atoms with Gasteiger partial charge in [-0.05, 0) is 40.4 Å². The number of fused-ring (bicyclic) bond motifs is 1. The Morgan fingerprint density at radius 3 is 2.67 bits per heavy atom. The first-order chi connectivity index (χ1) is 8.83. The molecule has 1 heterocycles. The van der Waals surface area contributed by atoms with Crippen molar-refractivity contribution < 1.29 is 0 Å². The molecule has 0 unspecified atom stereocenters. The number of unbranched alkanes of at least 4 members (excludes halogenated alkanes) is 5. The second-order valence-electron chi connectivity index (χ2n) is 4.99. The molecule has 0 spiro atoms. The number of para-hydroxylation sites is 1. The lowest BCUT2D eigenvalue weighted by Crippen LogP contribution is -1.85. The Hall–Kier alpha value is -0.760. The number of nitrogens with one attached hydrogen (secondary N) is 1. The molecule has 18 heavy (non-hydrogen) atoms. The first-order valence-corrected chi connectivity index (χ1v) is 7.86. The molecule has 0 saturated carbocycles. The van der Waals surface area contributed by atoms with E-state index in [1.165, 1.54) is 61.4 Å². The van der Waals surface area contributed by atoms with E-state index in [-0.39, 0.29) is 0 Å². The van der Waals surface area contributed by atoms with Crippen molar-refractivity contribution in [2.45, 2.75) is 51.9 Å². The average molecular weight is 308 g/mol. The van der Waals surface area contributed by atoms with Crippen LogP contribution in [-0.2, 0) is 6.42 Å². The molecule has 98 valence electrons. The maximum atomic E-state index is 3.59. The van der Waals surface area contributed by atoms with Crippen LogP contribution in [-0.4, -0.2) is 4.98 Å². The summed E-state index contributed by atoms with van der Waals surface area (Å²) in [5.74, 6) is 0. The Bertz CT molecular complexity index is 487. The number of hydrogen-bond acceptors (Lipinski definition) is 0. The normalized spacial score (nSPS) is 11.2. The molecule has 2 rings (SSSR count). The Morgan fingerprint density at radius 2 is 1.83 bits per heavy atom. The van der Waals surface area contributed by atoms with E-state index in [0.717, 1.165) is 4.47 Å². The highest BCUT2D eigenvalue weighted by molar-refractivity contribution is 9.10. The van der Waals surface area contributed by atoms with Crippen molar-refractivity contribution in [1.29, 1.82) is 0 Å². The molecule has 0 aliphatic rings. The van der Waals surface area contributed by atoms with Gasteiger partial charge in [0.1, 0.15) is 0 Å². The van der Waals surface area contributed by atoms with Gasteiger partial charge in [-0.25, -0.2) is 0 Å². The van der Waals surface area contributed by atoms with E-state index in [9.17, 15) is 0 Å². The van der Waals surface area contributed by atoms with Crippen LogP contribution >= 0.6 is 15.9 Å².